The minimum Gasteiger partial charge on any atom is -0.354 e. The average Bonchev–Trinajstić information content (AvgIpc) is 2.46. The Kier molecular flexibility index (Phi) is 5.48. The molecule has 3 nitrogen and oxygen atoms in total. The van der Waals surface area contributed by atoms with Crippen molar-refractivity contribution >= 4 is 5.91 Å². The number of carbonyl (C=O) groups is 1. The number of hydrogen-bond acceptors (Lipinski definition) is 2. The van der Waals surface area contributed by atoms with Gasteiger partial charge in [-0.05, 0) is 45.7 Å². The highest BCUT2D eigenvalue weighted by molar-refractivity contribution is 5.78. The molecule has 0 aromatic carbocycles. The van der Waals surface area contributed by atoms with Gasteiger partial charge in [0.1, 0.15) is 0 Å². The van der Waals surface area contributed by atoms with Gasteiger partial charge in [0.15, 0.2) is 0 Å². The van der Waals surface area contributed by atoms with E-state index in [1.54, 1.807) is 0 Å². The number of hydrogen-bond donors (Lipinski definition) is 1. The van der Waals surface area contributed by atoms with Crippen molar-refractivity contribution in [1.82, 2.24) is 10.2 Å². The molecule has 1 unspecified atom stereocenters. The lowest BCUT2D eigenvalue weighted by molar-refractivity contribution is -0.126. The van der Waals surface area contributed by atoms with E-state index in [0.29, 0.717) is 17.9 Å². The van der Waals surface area contributed by atoms with Crippen LogP contribution in [-0.4, -0.2) is 36.5 Å². The van der Waals surface area contributed by atoms with E-state index in [2.05, 4.69) is 17.1 Å². The van der Waals surface area contributed by atoms with Crippen LogP contribution in [0.3, 0.4) is 0 Å². The molecule has 3 heteroatoms. The molecule has 104 valence electrons. The fourth-order valence-electron chi connectivity index (χ4n) is 3.25. The maximum Gasteiger partial charge on any atom is 0.223 e. The second-order valence-corrected chi connectivity index (χ2v) is 6.03. The summed E-state index contributed by atoms with van der Waals surface area (Å²) in [6, 6.07) is 0.498. The highest BCUT2D eigenvalue weighted by atomic mass is 16.1. The van der Waals surface area contributed by atoms with Crippen LogP contribution in [0.2, 0.25) is 0 Å². The van der Waals surface area contributed by atoms with E-state index in [9.17, 15) is 4.79 Å². The van der Waals surface area contributed by atoms with Gasteiger partial charge in [-0.3, -0.25) is 9.69 Å². The fraction of sp³-hybridized carbons (Fsp3) is 0.933. The normalized spacial score (nSPS) is 24.7. The van der Waals surface area contributed by atoms with E-state index in [1.807, 2.05) is 0 Å². The Hall–Kier alpha value is -0.570. The van der Waals surface area contributed by atoms with Crippen LogP contribution in [0.5, 0.6) is 0 Å². The molecule has 1 aliphatic heterocycles. The molecule has 2 fully saturated rings. The predicted octanol–water partition coefficient (Wildman–Crippen LogP) is 2.56. The first-order valence-electron chi connectivity index (χ1n) is 7.79. The molecule has 0 radical (unpaired) electrons. The SMILES string of the molecule is CC(CNC(=O)C1CCCCC1)N1CCCCC1. The standard InChI is InChI=1S/C15H28N2O/c1-13(17-10-6-3-7-11-17)12-16-15(18)14-8-4-2-5-9-14/h13-14H,2-12H2,1H3,(H,16,18). The highest BCUT2D eigenvalue weighted by Gasteiger charge is 2.22. The summed E-state index contributed by atoms with van der Waals surface area (Å²) in [7, 11) is 0. The van der Waals surface area contributed by atoms with Crippen molar-refractivity contribution in [3.05, 3.63) is 0 Å². The van der Waals surface area contributed by atoms with Crippen molar-refractivity contribution < 1.29 is 4.79 Å². The smallest absolute Gasteiger partial charge is 0.223 e. The number of amides is 1. The zero-order chi connectivity index (χ0) is 12.8. The molecule has 1 atom stereocenters. The van der Waals surface area contributed by atoms with Gasteiger partial charge in [-0.25, -0.2) is 0 Å². The first kappa shape index (κ1) is 13.9. The van der Waals surface area contributed by atoms with Gasteiger partial charge in [-0.2, -0.15) is 0 Å². The lowest BCUT2D eigenvalue weighted by atomic mass is 9.88. The number of nitrogens with zero attached hydrogens (tertiary/aromatic N) is 1. The summed E-state index contributed by atoms with van der Waals surface area (Å²) in [5.74, 6) is 0.603. The molecule has 1 aliphatic carbocycles. The molecule has 1 saturated carbocycles. The van der Waals surface area contributed by atoms with E-state index >= 15 is 0 Å². The Morgan fingerprint density at radius 2 is 1.72 bits per heavy atom. The largest absolute Gasteiger partial charge is 0.354 e. The monoisotopic (exact) mass is 252 g/mol. The summed E-state index contributed by atoms with van der Waals surface area (Å²) < 4.78 is 0. The summed E-state index contributed by atoms with van der Waals surface area (Å²) in [5.41, 5.74) is 0. The topological polar surface area (TPSA) is 32.3 Å². The molecule has 0 bridgehead atoms. The van der Waals surface area contributed by atoms with Crippen LogP contribution in [-0.2, 0) is 4.79 Å². The minimum atomic E-state index is 0.298. The van der Waals surface area contributed by atoms with Crippen LogP contribution < -0.4 is 5.32 Å². The summed E-state index contributed by atoms with van der Waals surface area (Å²) in [6.45, 7) is 5.49. The van der Waals surface area contributed by atoms with Crippen LogP contribution in [0.4, 0.5) is 0 Å². The molecule has 18 heavy (non-hydrogen) atoms. The van der Waals surface area contributed by atoms with Crippen LogP contribution >= 0.6 is 0 Å². The third kappa shape index (κ3) is 3.98. The third-order valence-electron chi connectivity index (χ3n) is 4.56. The van der Waals surface area contributed by atoms with Crippen molar-refractivity contribution in [2.45, 2.75) is 64.3 Å². The molecular weight excluding hydrogens is 224 g/mol. The molecule has 0 aromatic rings. The lowest BCUT2D eigenvalue weighted by Crippen LogP contribution is -2.45. The van der Waals surface area contributed by atoms with Gasteiger partial charge < -0.3 is 5.32 Å². The van der Waals surface area contributed by atoms with Gasteiger partial charge in [-0.1, -0.05) is 25.7 Å². The van der Waals surface area contributed by atoms with Gasteiger partial charge in [-0.15, -0.1) is 0 Å². The highest BCUT2D eigenvalue weighted by Crippen LogP contribution is 2.23. The summed E-state index contributed by atoms with van der Waals surface area (Å²) >= 11 is 0. The molecule has 0 spiro atoms. The van der Waals surface area contributed by atoms with Crippen molar-refractivity contribution in [3.8, 4) is 0 Å². The van der Waals surface area contributed by atoms with Crippen molar-refractivity contribution in [3.63, 3.8) is 0 Å². The van der Waals surface area contributed by atoms with Crippen LogP contribution in [0.15, 0.2) is 0 Å². The zero-order valence-corrected chi connectivity index (χ0v) is 11.8. The molecule has 2 aliphatic rings. The maximum absolute atomic E-state index is 12.1. The van der Waals surface area contributed by atoms with Crippen LogP contribution in [0.25, 0.3) is 0 Å². The average molecular weight is 252 g/mol. The van der Waals surface area contributed by atoms with Gasteiger partial charge in [0, 0.05) is 18.5 Å². The Morgan fingerprint density at radius 1 is 1.11 bits per heavy atom. The van der Waals surface area contributed by atoms with Gasteiger partial charge in [0.25, 0.3) is 0 Å². The molecule has 1 heterocycles. The molecular formula is C15H28N2O. The molecule has 1 amide bonds. The van der Waals surface area contributed by atoms with Crippen molar-refractivity contribution in [2.75, 3.05) is 19.6 Å². The Morgan fingerprint density at radius 3 is 2.39 bits per heavy atom. The van der Waals surface area contributed by atoms with Crippen molar-refractivity contribution in [2.24, 2.45) is 5.92 Å². The lowest BCUT2D eigenvalue weighted by Gasteiger charge is -2.32. The number of piperidine rings is 1. The third-order valence-corrected chi connectivity index (χ3v) is 4.56. The summed E-state index contributed by atoms with van der Waals surface area (Å²) in [4.78, 5) is 14.6. The van der Waals surface area contributed by atoms with Gasteiger partial charge >= 0.3 is 0 Å². The van der Waals surface area contributed by atoms with Crippen LogP contribution in [0.1, 0.15) is 58.3 Å². The second kappa shape index (κ2) is 7.13. The van der Waals surface area contributed by atoms with Gasteiger partial charge in [0.05, 0.1) is 0 Å². The molecule has 0 aromatic heterocycles. The summed E-state index contributed by atoms with van der Waals surface area (Å²) in [5, 5.41) is 3.17. The Balaban J connectivity index is 1.67. The predicted molar refractivity (Wildman–Crippen MR) is 74.5 cm³/mol. The molecule has 1 N–H and O–H groups in total. The van der Waals surface area contributed by atoms with E-state index in [1.165, 1.54) is 51.6 Å². The van der Waals surface area contributed by atoms with Crippen molar-refractivity contribution in [1.29, 1.82) is 0 Å². The first-order valence-corrected chi connectivity index (χ1v) is 7.79. The zero-order valence-electron chi connectivity index (χ0n) is 11.8. The van der Waals surface area contributed by atoms with E-state index in [0.717, 1.165) is 19.4 Å². The van der Waals surface area contributed by atoms with Crippen LogP contribution in [0, 0.1) is 5.92 Å². The summed E-state index contributed by atoms with van der Waals surface area (Å²) in [6.07, 6.45) is 10.0. The number of likely N-dealkylation sites (tertiary alicyclic amines) is 1. The Bertz CT molecular complexity index is 255. The Labute approximate surface area is 111 Å². The first-order chi connectivity index (χ1) is 8.77. The second-order valence-electron chi connectivity index (χ2n) is 6.03. The van der Waals surface area contributed by atoms with Gasteiger partial charge in [0.2, 0.25) is 5.91 Å². The quantitative estimate of drug-likeness (QED) is 0.834. The molecule has 2 rings (SSSR count). The maximum atomic E-state index is 12.1. The van der Waals surface area contributed by atoms with E-state index < -0.39 is 0 Å². The number of carbonyl (C=O) groups excluding carboxylic acids is 1. The number of rotatable bonds is 4. The number of nitrogens with one attached hydrogen (secondary N) is 1. The molecule has 1 saturated heterocycles. The van der Waals surface area contributed by atoms with E-state index in [-0.39, 0.29) is 0 Å². The van der Waals surface area contributed by atoms with E-state index in [4.69, 9.17) is 0 Å². The fourth-order valence-corrected chi connectivity index (χ4v) is 3.25. The minimum absolute atomic E-state index is 0.298.